The molecule has 3 heteroatoms. The van der Waals surface area contributed by atoms with Gasteiger partial charge in [0.05, 0.1) is 0 Å². The van der Waals surface area contributed by atoms with Gasteiger partial charge in [0, 0.05) is 24.9 Å². The number of ether oxygens (including phenoxy) is 1. The molecule has 16 heavy (non-hydrogen) atoms. The van der Waals surface area contributed by atoms with E-state index in [9.17, 15) is 9.59 Å². The maximum atomic E-state index is 10.8. The Labute approximate surface area is 99.6 Å². The van der Waals surface area contributed by atoms with E-state index in [0.29, 0.717) is 18.8 Å². The lowest BCUT2D eigenvalue weighted by Gasteiger charge is -2.01. The highest BCUT2D eigenvalue weighted by atomic mass is 16.5. The number of Topliss-reactive ketones (excluding diaryl/α,β-unsaturated/α-hetero) is 2. The maximum absolute atomic E-state index is 10.8. The minimum Gasteiger partial charge on any atom is -0.374 e. The predicted molar refractivity (Wildman–Crippen MR) is 66.5 cm³/mol. The van der Waals surface area contributed by atoms with Gasteiger partial charge in [-0.05, 0) is 6.92 Å². The lowest BCUT2D eigenvalue weighted by atomic mass is 10.1. The standard InChI is InChI=1S/C7H14O2.C6H12O/c1-4-9-5-7(8)6(2)3;1-4-6(7)5(2)3/h6H,4-5H2,1-3H3;5H,4H2,1-3H3. The first kappa shape index (κ1) is 17.7. The van der Waals surface area contributed by atoms with E-state index in [1.165, 1.54) is 0 Å². The summed E-state index contributed by atoms with van der Waals surface area (Å²) in [5, 5.41) is 0. The molecule has 0 aromatic heterocycles. The van der Waals surface area contributed by atoms with E-state index in [2.05, 4.69) is 0 Å². The van der Waals surface area contributed by atoms with Crippen LogP contribution in [-0.2, 0) is 14.3 Å². The van der Waals surface area contributed by atoms with E-state index in [1.807, 2.05) is 41.5 Å². The smallest absolute Gasteiger partial charge is 0.160 e. The van der Waals surface area contributed by atoms with Gasteiger partial charge in [0.1, 0.15) is 12.4 Å². The summed E-state index contributed by atoms with van der Waals surface area (Å²) < 4.78 is 4.91. The van der Waals surface area contributed by atoms with Crippen molar-refractivity contribution in [1.29, 1.82) is 0 Å². The molecule has 0 aliphatic heterocycles. The van der Waals surface area contributed by atoms with E-state index >= 15 is 0 Å². The Bertz CT molecular complexity index is 195. The van der Waals surface area contributed by atoms with Gasteiger partial charge in [-0.2, -0.15) is 0 Å². The van der Waals surface area contributed by atoms with Gasteiger partial charge >= 0.3 is 0 Å². The first-order valence-electron chi connectivity index (χ1n) is 5.99. The van der Waals surface area contributed by atoms with Crippen LogP contribution in [0.4, 0.5) is 0 Å². The fourth-order valence-electron chi connectivity index (χ4n) is 0.778. The molecule has 3 nitrogen and oxygen atoms in total. The second-order valence-corrected chi connectivity index (χ2v) is 4.23. The fourth-order valence-corrected chi connectivity index (χ4v) is 0.778. The van der Waals surface area contributed by atoms with E-state index < -0.39 is 0 Å². The van der Waals surface area contributed by atoms with E-state index in [0.717, 1.165) is 0 Å². The van der Waals surface area contributed by atoms with Crippen LogP contribution in [0, 0.1) is 11.8 Å². The van der Waals surface area contributed by atoms with Crippen LogP contribution in [0.3, 0.4) is 0 Å². The summed E-state index contributed by atoms with van der Waals surface area (Å²) in [5.74, 6) is 0.860. The molecule has 0 aliphatic rings. The molecule has 0 aromatic rings. The summed E-state index contributed by atoms with van der Waals surface area (Å²) in [7, 11) is 0. The molecule has 0 fully saturated rings. The Hall–Kier alpha value is -0.700. The third-order valence-electron chi connectivity index (χ3n) is 2.08. The van der Waals surface area contributed by atoms with Gasteiger partial charge in [-0.3, -0.25) is 9.59 Å². The van der Waals surface area contributed by atoms with Crippen molar-refractivity contribution in [2.45, 2.75) is 48.0 Å². The second kappa shape index (κ2) is 10.8. The molecule has 0 radical (unpaired) electrons. The molecule has 0 atom stereocenters. The van der Waals surface area contributed by atoms with Crippen molar-refractivity contribution >= 4 is 11.6 Å². The molecular weight excluding hydrogens is 204 g/mol. The third-order valence-corrected chi connectivity index (χ3v) is 2.08. The molecular formula is C13H26O3. The third kappa shape index (κ3) is 11.4. The van der Waals surface area contributed by atoms with Crippen molar-refractivity contribution < 1.29 is 14.3 Å². The molecule has 0 aliphatic carbocycles. The van der Waals surface area contributed by atoms with Gasteiger partial charge in [-0.1, -0.05) is 34.6 Å². The van der Waals surface area contributed by atoms with E-state index in [4.69, 9.17) is 4.74 Å². The van der Waals surface area contributed by atoms with E-state index in [1.54, 1.807) is 0 Å². The van der Waals surface area contributed by atoms with Gasteiger partial charge in [0.25, 0.3) is 0 Å². The highest BCUT2D eigenvalue weighted by Gasteiger charge is 2.05. The van der Waals surface area contributed by atoms with Crippen molar-refractivity contribution in [3.8, 4) is 0 Å². The minimum absolute atomic E-state index is 0.108. The maximum Gasteiger partial charge on any atom is 0.160 e. The van der Waals surface area contributed by atoms with Gasteiger partial charge in [-0.15, -0.1) is 0 Å². The number of hydrogen-bond acceptors (Lipinski definition) is 3. The molecule has 0 saturated carbocycles. The molecule has 0 aromatic carbocycles. The topological polar surface area (TPSA) is 43.4 Å². The predicted octanol–water partition coefficient (Wildman–Crippen LogP) is 2.87. The van der Waals surface area contributed by atoms with Crippen LogP contribution < -0.4 is 0 Å². The number of rotatable bonds is 6. The average Bonchev–Trinajstić information content (AvgIpc) is 2.25. The largest absolute Gasteiger partial charge is 0.374 e. The van der Waals surface area contributed by atoms with Gasteiger partial charge in [0.2, 0.25) is 0 Å². The van der Waals surface area contributed by atoms with Crippen molar-refractivity contribution in [3.63, 3.8) is 0 Å². The molecule has 0 N–H and O–H groups in total. The van der Waals surface area contributed by atoms with Crippen molar-refractivity contribution in [2.75, 3.05) is 13.2 Å². The number of ketones is 2. The summed E-state index contributed by atoms with van der Waals surface area (Å²) in [5.41, 5.74) is 0. The van der Waals surface area contributed by atoms with Crippen LogP contribution in [-0.4, -0.2) is 24.8 Å². The zero-order valence-corrected chi connectivity index (χ0v) is 11.5. The van der Waals surface area contributed by atoms with Crippen LogP contribution >= 0.6 is 0 Å². The number of carbonyl (C=O) groups is 2. The van der Waals surface area contributed by atoms with Crippen molar-refractivity contribution in [3.05, 3.63) is 0 Å². The molecule has 0 amide bonds. The Morgan fingerprint density at radius 1 is 0.938 bits per heavy atom. The minimum atomic E-state index is 0.108. The van der Waals surface area contributed by atoms with Crippen molar-refractivity contribution in [2.24, 2.45) is 11.8 Å². The Morgan fingerprint density at radius 2 is 1.38 bits per heavy atom. The molecule has 96 valence electrons. The fraction of sp³-hybridized carbons (Fsp3) is 0.846. The Kier molecular flexibility index (Phi) is 11.9. The summed E-state index contributed by atoms with van der Waals surface area (Å²) >= 11 is 0. The highest BCUT2D eigenvalue weighted by Crippen LogP contribution is 1.95. The van der Waals surface area contributed by atoms with Crippen LogP contribution in [0.25, 0.3) is 0 Å². The number of hydrogen-bond donors (Lipinski definition) is 0. The monoisotopic (exact) mass is 230 g/mol. The summed E-state index contributed by atoms with van der Waals surface area (Å²) in [6.07, 6.45) is 0.678. The zero-order valence-electron chi connectivity index (χ0n) is 11.5. The van der Waals surface area contributed by atoms with Crippen LogP contribution in [0.2, 0.25) is 0 Å². The Balaban J connectivity index is 0. The summed E-state index contributed by atoms with van der Waals surface area (Å²) in [6, 6.07) is 0. The molecule has 0 bridgehead atoms. The van der Waals surface area contributed by atoms with E-state index in [-0.39, 0.29) is 24.2 Å². The van der Waals surface area contributed by atoms with Crippen molar-refractivity contribution in [1.82, 2.24) is 0 Å². The first-order valence-corrected chi connectivity index (χ1v) is 5.99. The van der Waals surface area contributed by atoms with Crippen LogP contribution in [0.5, 0.6) is 0 Å². The second-order valence-electron chi connectivity index (χ2n) is 4.23. The van der Waals surface area contributed by atoms with Gasteiger partial charge in [-0.25, -0.2) is 0 Å². The average molecular weight is 230 g/mol. The SMILES string of the molecule is CCC(=O)C(C)C.CCOCC(=O)C(C)C. The van der Waals surface area contributed by atoms with Crippen LogP contribution in [0.1, 0.15) is 48.0 Å². The first-order chi connectivity index (χ1) is 7.36. The lowest BCUT2D eigenvalue weighted by Crippen LogP contribution is -2.14. The number of carbonyl (C=O) groups excluding carboxylic acids is 2. The molecule has 0 heterocycles. The molecule has 0 unspecified atom stereocenters. The zero-order chi connectivity index (χ0) is 13.1. The van der Waals surface area contributed by atoms with Crippen LogP contribution in [0.15, 0.2) is 0 Å². The summed E-state index contributed by atoms with van der Waals surface area (Å²) in [6.45, 7) is 12.3. The Morgan fingerprint density at radius 3 is 1.56 bits per heavy atom. The van der Waals surface area contributed by atoms with Gasteiger partial charge in [0.15, 0.2) is 5.78 Å². The molecule has 0 saturated heterocycles. The molecule has 0 rings (SSSR count). The quantitative estimate of drug-likeness (QED) is 0.704. The highest BCUT2D eigenvalue weighted by molar-refractivity contribution is 5.81. The molecule has 0 spiro atoms. The summed E-state index contributed by atoms with van der Waals surface area (Å²) in [4.78, 5) is 21.3. The van der Waals surface area contributed by atoms with Gasteiger partial charge < -0.3 is 4.74 Å². The normalized spacial score (nSPS) is 10.0. The lowest BCUT2D eigenvalue weighted by molar-refractivity contribution is -0.126.